The first-order valence-electron chi connectivity index (χ1n) is 6.78. The van der Waals surface area contributed by atoms with Crippen LogP contribution < -0.4 is 10.5 Å². The fourth-order valence-corrected chi connectivity index (χ4v) is 1.82. The summed E-state index contributed by atoms with van der Waals surface area (Å²) in [6.45, 7) is 8.27. The average Bonchev–Trinajstić information content (AvgIpc) is 2.86. The molecule has 0 aliphatic heterocycles. The van der Waals surface area contributed by atoms with Crippen LogP contribution in [0.25, 0.3) is 0 Å². The van der Waals surface area contributed by atoms with E-state index in [1.165, 1.54) is 0 Å². The lowest BCUT2D eigenvalue weighted by Crippen LogP contribution is -2.05. The standard InChI is InChI=1S/C15H21N3O2/c1-9(2)15-17-14(20-18-15)8-19-13-6-5-12(11(4)16)7-10(13)3/h5-7,9,11H,8,16H2,1-4H3. The van der Waals surface area contributed by atoms with Crippen LogP contribution in [0.3, 0.4) is 0 Å². The summed E-state index contributed by atoms with van der Waals surface area (Å²) in [5, 5.41) is 3.91. The zero-order valence-corrected chi connectivity index (χ0v) is 12.4. The number of aryl methyl sites for hydroxylation is 1. The van der Waals surface area contributed by atoms with Crippen LogP contribution in [0.4, 0.5) is 0 Å². The SMILES string of the molecule is Cc1cc(C(C)N)ccc1OCc1nc(C(C)C)no1. The maximum absolute atomic E-state index is 5.85. The van der Waals surface area contributed by atoms with Crippen molar-refractivity contribution in [1.82, 2.24) is 10.1 Å². The van der Waals surface area contributed by atoms with E-state index in [1.807, 2.05) is 45.9 Å². The van der Waals surface area contributed by atoms with Crippen LogP contribution in [-0.4, -0.2) is 10.1 Å². The predicted molar refractivity (Wildman–Crippen MR) is 76.5 cm³/mol. The first-order chi connectivity index (χ1) is 9.47. The van der Waals surface area contributed by atoms with E-state index in [9.17, 15) is 0 Å². The van der Waals surface area contributed by atoms with Crippen molar-refractivity contribution in [3.8, 4) is 5.75 Å². The van der Waals surface area contributed by atoms with Gasteiger partial charge >= 0.3 is 0 Å². The van der Waals surface area contributed by atoms with Crippen molar-refractivity contribution >= 4 is 0 Å². The number of nitrogens with two attached hydrogens (primary N) is 1. The second-order valence-electron chi connectivity index (χ2n) is 5.30. The number of hydrogen-bond acceptors (Lipinski definition) is 5. The first kappa shape index (κ1) is 14.5. The average molecular weight is 275 g/mol. The van der Waals surface area contributed by atoms with Gasteiger partial charge in [-0.15, -0.1) is 0 Å². The maximum atomic E-state index is 5.85. The largest absolute Gasteiger partial charge is 0.483 e. The van der Waals surface area contributed by atoms with Gasteiger partial charge in [0.15, 0.2) is 12.4 Å². The van der Waals surface area contributed by atoms with Crippen molar-refractivity contribution in [3.63, 3.8) is 0 Å². The summed E-state index contributed by atoms with van der Waals surface area (Å²) in [5.41, 5.74) is 7.99. The summed E-state index contributed by atoms with van der Waals surface area (Å²) in [7, 11) is 0. The smallest absolute Gasteiger partial charge is 0.264 e. The van der Waals surface area contributed by atoms with Crippen LogP contribution in [0.2, 0.25) is 0 Å². The summed E-state index contributed by atoms with van der Waals surface area (Å²) in [6, 6.07) is 5.95. The summed E-state index contributed by atoms with van der Waals surface area (Å²) in [4.78, 5) is 4.28. The molecule has 1 atom stereocenters. The van der Waals surface area contributed by atoms with Crippen LogP contribution in [0.5, 0.6) is 5.75 Å². The summed E-state index contributed by atoms with van der Waals surface area (Å²) in [6.07, 6.45) is 0. The summed E-state index contributed by atoms with van der Waals surface area (Å²) in [5.74, 6) is 2.25. The van der Waals surface area contributed by atoms with E-state index >= 15 is 0 Å². The van der Waals surface area contributed by atoms with Crippen LogP contribution in [0, 0.1) is 6.92 Å². The molecule has 0 amide bonds. The van der Waals surface area contributed by atoms with Gasteiger partial charge in [0.1, 0.15) is 5.75 Å². The molecule has 0 radical (unpaired) electrons. The van der Waals surface area contributed by atoms with E-state index in [4.69, 9.17) is 15.0 Å². The highest BCUT2D eigenvalue weighted by molar-refractivity contribution is 5.37. The van der Waals surface area contributed by atoms with Gasteiger partial charge in [0, 0.05) is 12.0 Å². The van der Waals surface area contributed by atoms with E-state index < -0.39 is 0 Å². The van der Waals surface area contributed by atoms with Gasteiger partial charge in [0.25, 0.3) is 5.89 Å². The molecule has 20 heavy (non-hydrogen) atoms. The molecule has 1 aromatic heterocycles. The summed E-state index contributed by atoms with van der Waals surface area (Å²) < 4.78 is 10.9. The highest BCUT2D eigenvalue weighted by Crippen LogP contribution is 2.22. The van der Waals surface area contributed by atoms with Gasteiger partial charge in [0.05, 0.1) is 0 Å². The fourth-order valence-electron chi connectivity index (χ4n) is 1.82. The minimum Gasteiger partial charge on any atom is -0.483 e. The van der Waals surface area contributed by atoms with Crippen LogP contribution >= 0.6 is 0 Å². The van der Waals surface area contributed by atoms with E-state index in [0.717, 1.165) is 16.9 Å². The molecule has 0 aliphatic carbocycles. The van der Waals surface area contributed by atoms with Gasteiger partial charge in [-0.3, -0.25) is 0 Å². The van der Waals surface area contributed by atoms with Gasteiger partial charge in [-0.25, -0.2) is 0 Å². The molecule has 5 nitrogen and oxygen atoms in total. The Labute approximate surface area is 119 Å². The third kappa shape index (κ3) is 3.36. The zero-order valence-electron chi connectivity index (χ0n) is 12.4. The molecule has 0 spiro atoms. The molecule has 1 heterocycles. The molecule has 1 unspecified atom stereocenters. The molecule has 0 bridgehead atoms. The van der Waals surface area contributed by atoms with Crippen LogP contribution in [-0.2, 0) is 6.61 Å². The van der Waals surface area contributed by atoms with Crippen molar-refractivity contribution in [2.45, 2.75) is 46.3 Å². The number of hydrogen-bond donors (Lipinski definition) is 1. The van der Waals surface area contributed by atoms with Gasteiger partial charge < -0.3 is 15.0 Å². The molecule has 0 saturated heterocycles. The predicted octanol–water partition coefficient (Wildman–Crippen LogP) is 3.10. The van der Waals surface area contributed by atoms with E-state index in [1.54, 1.807) is 0 Å². The van der Waals surface area contributed by atoms with Crippen molar-refractivity contribution < 1.29 is 9.26 Å². The maximum Gasteiger partial charge on any atom is 0.264 e. The normalized spacial score (nSPS) is 12.7. The van der Waals surface area contributed by atoms with E-state index in [2.05, 4.69) is 10.1 Å². The quantitative estimate of drug-likeness (QED) is 0.907. The minimum absolute atomic E-state index is 0.0206. The van der Waals surface area contributed by atoms with Gasteiger partial charge in [-0.2, -0.15) is 4.98 Å². The van der Waals surface area contributed by atoms with Crippen molar-refractivity contribution in [2.75, 3.05) is 0 Å². The number of rotatable bonds is 5. The third-order valence-corrected chi connectivity index (χ3v) is 3.08. The minimum atomic E-state index is 0.0206. The van der Waals surface area contributed by atoms with Crippen LogP contribution in [0.1, 0.15) is 55.6 Å². The van der Waals surface area contributed by atoms with Crippen molar-refractivity contribution in [3.05, 3.63) is 41.0 Å². The molecular formula is C15H21N3O2. The number of benzene rings is 1. The van der Waals surface area contributed by atoms with Crippen molar-refractivity contribution in [1.29, 1.82) is 0 Å². The van der Waals surface area contributed by atoms with E-state index in [-0.39, 0.29) is 18.6 Å². The van der Waals surface area contributed by atoms with Crippen molar-refractivity contribution in [2.24, 2.45) is 5.73 Å². The first-order valence-corrected chi connectivity index (χ1v) is 6.78. The number of aromatic nitrogens is 2. The molecule has 2 N–H and O–H groups in total. The second kappa shape index (κ2) is 6.05. The topological polar surface area (TPSA) is 74.2 Å². The Balaban J connectivity index is 2.03. The third-order valence-electron chi connectivity index (χ3n) is 3.08. The molecule has 108 valence electrons. The van der Waals surface area contributed by atoms with Gasteiger partial charge in [-0.05, 0) is 31.0 Å². The Hall–Kier alpha value is -1.88. The molecule has 0 saturated carbocycles. The van der Waals surface area contributed by atoms with Gasteiger partial charge in [-0.1, -0.05) is 31.1 Å². The Morgan fingerprint density at radius 2 is 2.05 bits per heavy atom. The molecule has 0 aliphatic rings. The lowest BCUT2D eigenvalue weighted by molar-refractivity contribution is 0.241. The molecule has 0 fully saturated rings. The van der Waals surface area contributed by atoms with Gasteiger partial charge in [0.2, 0.25) is 0 Å². The molecule has 1 aromatic carbocycles. The molecule has 5 heteroatoms. The van der Waals surface area contributed by atoms with Crippen LogP contribution in [0.15, 0.2) is 22.7 Å². The molecular weight excluding hydrogens is 254 g/mol. The highest BCUT2D eigenvalue weighted by atomic mass is 16.5. The molecule has 2 rings (SSSR count). The zero-order chi connectivity index (χ0) is 14.7. The monoisotopic (exact) mass is 275 g/mol. The Kier molecular flexibility index (Phi) is 4.39. The highest BCUT2D eigenvalue weighted by Gasteiger charge is 2.11. The molecule has 2 aromatic rings. The lowest BCUT2D eigenvalue weighted by atomic mass is 10.1. The lowest BCUT2D eigenvalue weighted by Gasteiger charge is -2.11. The Bertz CT molecular complexity index is 576. The fraction of sp³-hybridized carbons (Fsp3) is 0.467. The summed E-state index contributed by atoms with van der Waals surface area (Å²) >= 11 is 0. The second-order valence-corrected chi connectivity index (χ2v) is 5.30. The number of nitrogens with zero attached hydrogens (tertiary/aromatic N) is 2. The van der Waals surface area contributed by atoms with E-state index in [0.29, 0.717) is 11.7 Å². The number of ether oxygens (including phenoxy) is 1. The Morgan fingerprint density at radius 3 is 2.60 bits per heavy atom. The Morgan fingerprint density at radius 1 is 1.30 bits per heavy atom.